The van der Waals surface area contributed by atoms with Crippen LogP contribution in [-0.4, -0.2) is 36.3 Å². The van der Waals surface area contributed by atoms with Crippen molar-refractivity contribution in [1.29, 1.82) is 0 Å². The maximum Gasteiger partial charge on any atom is 0.264 e. The van der Waals surface area contributed by atoms with Crippen LogP contribution < -0.4 is 5.32 Å². The SMILES string of the molecule is CC(=O)NCC1CCN(C(=O)c2sccc2-c2ccc(C)cc2)CC1. The number of rotatable bonds is 4. The normalized spacial score (nSPS) is 15.2. The molecule has 132 valence electrons. The van der Waals surface area contributed by atoms with Gasteiger partial charge in [-0.15, -0.1) is 11.3 Å². The number of carbonyl (C=O) groups excluding carboxylic acids is 2. The van der Waals surface area contributed by atoms with Gasteiger partial charge in [0.25, 0.3) is 5.91 Å². The van der Waals surface area contributed by atoms with Gasteiger partial charge in [0.2, 0.25) is 5.91 Å². The van der Waals surface area contributed by atoms with Crippen molar-refractivity contribution in [2.75, 3.05) is 19.6 Å². The topological polar surface area (TPSA) is 49.4 Å². The lowest BCUT2D eigenvalue weighted by atomic mass is 9.96. The fourth-order valence-electron chi connectivity index (χ4n) is 3.21. The van der Waals surface area contributed by atoms with Crippen molar-refractivity contribution in [3.05, 3.63) is 46.2 Å². The summed E-state index contributed by atoms with van der Waals surface area (Å²) >= 11 is 1.52. The summed E-state index contributed by atoms with van der Waals surface area (Å²) in [5, 5.41) is 4.87. The molecule has 0 saturated carbocycles. The summed E-state index contributed by atoms with van der Waals surface area (Å²) in [5.41, 5.74) is 3.33. The highest BCUT2D eigenvalue weighted by Crippen LogP contribution is 2.30. The number of hydrogen-bond acceptors (Lipinski definition) is 3. The molecule has 4 nitrogen and oxygen atoms in total. The van der Waals surface area contributed by atoms with E-state index in [1.807, 2.05) is 16.3 Å². The summed E-state index contributed by atoms with van der Waals surface area (Å²) < 4.78 is 0. The average molecular weight is 356 g/mol. The van der Waals surface area contributed by atoms with Gasteiger partial charge in [-0.3, -0.25) is 9.59 Å². The molecule has 5 heteroatoms. The summed E-state index contributed by atoms with van der Waals surface area (Å²) in [6, 6.07) is 10.3. The number of nitrogens with zero attached hydrogens (tertiary/aromatic N) is 1. The second-order valence-corrected chi connectivity index (χ2v) is 7.62. The van der Waals surface area contributed by atoms with Gasteiger partial charge in [0, 0.05) is 32.1 Å². The molecule has 0 unspecified atom stereocenters. The van der Waals surface area contributed by atoms with Crippen LogP contribution in [0.5, 0.6) is 0 Å². The zero-order valence-electron chi connectivity index (χ0n) is 14.7. The molecule has 0 atom stereocenters. The first kappa shape index (κ1) is 17.7. The first-order valence-electron chi connectivity index (χ1n) is 8.73. The van der Waals surface area contributed by atoms with Crippen LogP contribution in [0.25, 0.3) is 11.1 Å². The highest BCUT2D eigenvalue weighted by atomic mass is 32.1. The molecule has 0 radical (unpaired) electrons. The largest absolute Gasteiger partial charge is 0.356 e. The second kappa shape index (κ2) is 7.83. The van der Waals surface area contributed by atoms with E-state index in [1.54, 1.807) is 6.92 Å². The van der Waals surface area contributed by atoms with Gasteiger partial charge in [-0.1, -0.05) is 29.8 Å². The number of thiophene rings is 1. The highest BCUT2D eigenvalue weighted by Gasteiger charge is 2.26. The van der Waals surface area contributed by atoms with Gasteiger partial charge in [0.15, 0.2) is 0 Å². The van der Waals surface area contributed by atoms with Crippen molar-refractivity contribution in [2.24, 2.45) is 5.92 Å². The van der Waals surface area contributed by atoms with Crippen molar-refractivity contribution in [3.63, 3.8) is 0 Å². The minimum atomic E-state index is 0.0137. The number of carbonyl (C=O) groups is 2. The van der Waals surface area contributed by atoms with E-state index >= 15 is 0 Å². The fourth-order valence-corrected chi connectivity index (χ4v) is 4.09. The molecule has 0 bridgehead atoms. The predicted molar refractivity (Wildman–Crippen MR) is 102 cm³/mol. The molecule has 1 fully saturated rings. The van der Waals surface area contributed by atoms with E-state index < -0.39 is 0 Å². The van der Waals surface area contributed by atoms with E-state index in [2.05, 4.69) is 36.5 Å². The Kier molecular flexibility index (Phi) is 5.53. The lowest BCUT2D eigenvalue weighted by Crippen LogP contribution is -2.41. The number of piperidine rings is 1. The number of nitrogens with one attached hydrogen (secondary N) is 1. The smallest absolute Gasteiger partial charge is 0.264 e. The highest BCUT2D eigenvalue weighted by molar-refractivity contribution is 7.12. The van der Waals surface area contributed by atoms with Gasteiger partial charge in [0.1, 0.15) is 0 Å². The van der Waals surface area contributed by atoms with Crippen LogP contribution in [0.4, 0.5) is 0 Å². The Bertz CT molecular complexity index is 743. The summed E-state index contributed by atoms with van der Waals surface area (Å²) in [6.45, 7) is 5.84. The lowest BCUT2D eigenvalue weighted by Gasteiger charge is -2.32. The molecular formula is C20H24N2O2S. The Hall–Kier alpha value is -2.14. The summed E-state index contributed by atoms with van der Waals surface area (Å²) in [6.07, 6.45) is 1.88. The van der Waals surface area contributed by atoms with Crippen molar-refractivity contribution < 1.29 is 9.59 Å². The quantitative estimate of drug-likeness (QED) is 0.908. The third kappa shape index (κ3) is 4.28. The number of hydrogen-bond donors (Lipinski definition) is 1. The zero-order valence-corrected chi connectivity index (χ0v) is 15.6. The van der Waals surface area contributed by atoms with E-state index in [1.165, 1.54) is 16.9 Å². The van der Waals surface area contributed by atoms with Gasteiger partial charge in [0.05, 0.1) is 4.88 Å². The molecule has 0 spiro atoms. The van der Waals surface area contributed by atoms with Crippen molar-refractivity contribution in [3.8, 4) is 11.1 Å². The van der Waals surface area contributed by atoms with Gasteiger partial charge in [-0.2, -0.15) is 0 Å². The molecule has 25 heavy (non-hydrogen) atoms. The molecule has 2 amide bonds. The molecule has 1 aliphatic heterocycles. The number of amides is 2. The van der Waals surface area contributed by atoms with Gasteiger partial charge in [-0.05, 0) is 42.7 Å². The minimum absolute atomic E-state index is 0.0137. The van der Waals surface area contributed by atoms with E-state index in [9.17, 15) is 9.59 Å². The van der Waals surface area contributed by atoms with Crippen molar-refractivity contribution in [1.82, 2.24) is 10.2 Å². The van der Waals surface area contributed by atoms with Crippen LogP contribution in [-0.2, 0) is 4.79 Å². The molecule has 1 aromatic heterocycles. The Morgan fingerprint density at radius 1 is 1.16 bits per heavy atom. The monoisotopic (exact) mass is 356 g/mol. The van der Waals surface area contributed by atoms with E-state index in [0.717, 1.165) is 41.9 Å². The van der Waals surface area contributed by atoms with Crippen LogP contribution in [0.3, 0.4) is 0 Å². The molecule has 1 aromatic carbocycles. The van der Waals surface area contributed by atoms with Crippen molar-refractivity contribution in [2.45, 2.75) is 26.7 Å². The third-order valence-electron chi connectivity index (χ3n) is 4.76. The van der Waals surface area contributed by atoms with Crippen LogP contribution in [0, 0.1) is 12.8 Å². The Morgan fingerprint density at radius 3 is 2.48 bits per heavy atom. The molecule has 1 saturated heterocycles. The Morgan fingerprint density at radius 2 is 1.84 bits per heavy atom. The second-order valence-electron chi connectivity index (χ2n) is 6.70. The van der Waals surface area contributed by atoms with Gasteiger partial charge >= 0.3 is 0 Å². The minimum Gasteiger partial charge on any atom is -0.356 e. The molecule has 2 heterocycles. The van der Waals surface area contributed by atoms with Crippen LogP contribution in [0.1, 0.15) is 35.0 Å². The van der Waals surface area contributed by atoms with Gasteiger partial charge in [-0.25, -0.2) is 0 Å². The standard InChI is InChI=1S/C20H24N2O2S/c1-14-3-5-17(6-4-14)18-9-12-25-19(18)20(24)22-10-7-16(8-11-22)13-21-15(2)23/h3-6,9,12,16H,7-8,10-11,13H2,1-2H3,(H,21,23). The zero-order chi connectivity index (χ0) is 17.8. The molecule has 1 aliphatic rings. The van der Waals surface area contributed by atoms with E-state index in [4.69, 9.17) is 0 Å². The first-order chi connectivity index (χ1) is 12.0. The maximum atomic E-state index is 13.0. The Labute approximate surface area is 152 Å². The first-order valence-corrected chi connectivity index (χ1v) is 9.61. The summed E-state index contributed by atoms with van der Waals surface area (Å²) in [4.78, 5) is 26.8. The average Bonchev–Trinajstić information content (AvgIpc) is 3.10. The van der Waals surface area contributed by atoms with Crippen LogP contribution in [0.15, 0.2) is 35.7 Å². The van der Waals surface area contributed by atoms with E-state index in [0.29, 0.717) is 12.5 Å². The number of benzene rings is 1. The Balaban J connectivity index is 1.66. The molecule has 1 N–H and O–H groups in total. The molecular weight excluding hydrogens is 332 g/mol. The van der Waals surface area contributed by atoms with Crippen molar-refractivity contribution >= 4 is 23.2 Å². The number of likely N-dealkylation sites (tertiary alicyclic amines) is 1. The fraction of sp³-hybridized carbons (Fsp3) is 0.400. The molecule has 2 aromatic rings. The summed E-state index contributed by atoms with van der Waals surface area (Å²) in [5.74, 6) is 0.608. The maximum absolute atomic E-state index is 13.0. The molecule has 0 aliphatic carbocycles. The van der Waals surface area contributed by atoms with Gasteiger partial charge < -0.3 is 10.2 Å². The third-order valence-corrected chi connectivity index (χ3v) is 5.67. The summed E-state index contributed by atoms with van der Waals surface area (Å²) in [7, 11) is 0. The molecule has 3 rings (SSSR count). The van der Waals surface area contributed by atoms with Crippen LogP contribution in [0.2, 0.25) is 0 Å². The number of aryl methyl sites for hydroxylation is 1. The van der Waals surface area contributed by atoms with E-state index in [-0.39, 0.29) is 11.8 Å². The predicted octanol–water partition coefficient (Wildman–Crippen LogP) is 3.71. The lowest BCUT2D eigenvalue weighted by molar-refractivity contribution is -0.119. The van der Waals surface area contributed by atoms with Crippen LogP contribution >= 0.6 is 11.3 Å².